The van der Waals surface area contributed by atoms with Crippen molar-refractivity contribution < 1.29 is 4.74 Å². The quantitative estimate of drug-likeness (QED) is 0.431. The highest BCUT2D eigenvalue weighted by Crippen LogP contribution is 1.87. The normalized spacial score (nSPS) is 9.30. The highest BCUT2D eigenvalue weighted by atomic mass is 16.5. The van der Waals surface area contributed by atoms with Gasteiger partial charge in [0.1, 0.15) is 0 Å². The first-order valence-electron chi connectivity index (χ1n) is 2.79. The van der Waals surface area contributed by atoms with Crippen molar-refractivity contribution >= 4 is 5.90 Å². The molecule has 0 aliphatic carbocycles. The lowest BCUT2D eigenvalue weighted by molar-refractivity contribution is 0.323. The summed E-state index contributed by atoms with van der Waals surface area (Å²) < 4.78 is 4.78. The Morgan fingerprint density at radius 2 is 2.60 bits per heavy atom. The number of nitrogens with one attached hydrogen (secondary N) is 2. The molecule has 0 saturated carbocycles. The van der Waals surface area contributed by atoms with Crippen LogP contribution < -0.4 is 0 Å². The van der Waals surface area contributed by atoms with Gasteiger partial charge in [-0.15, -0.1) is 10.2 Å². The molecule has 0 spiro atoms. The first-order chi connectivity index (χ1) is 4.84. The molecule has 1 heterocycles. The van der Waals surface area contributed by atoms with Crippen molar-refractivity contribution in [3.63, 3.8) is 0 Å². The van der Waals surface area contributed by atoms with Crippen molar-refractivity contribution in [1.82, 2.24) is 20.6 Å². The Kier molecular flexibility index (Phi) is 1.93. The minimum atomic E-state index is -0.0590. The number of aromatic amines is 1. The fourth-order valence-electron chi connectivity index (χ4n) is 0.467. The van der Waals surface area contributed by atoms with Gasteiger partial charge < -0.3 is 4.74 Å². The zero-order chi connectivity index (χ0) is 7.40. The summed E-state index contributed by atoms with van der Waals surface area (Å²) in [5.41, 5.74) is 0. The van der Waals surface area contributed by atoms with Gasteiger partial charge in [-0.2, -0.15) is 5.21 Å². The third-order valence-corrected chi connectivity index (χ3v) is 0.837. The van der Waals surface area contributed by atoms with E-state index in [1.54, 1.807) is 6.92 Å². The Hall–Kier alpha value is -1.46. The molecule has 2 N–H and O–H groups in total. The molecule has 1 aromatic heterocycles. The van der Waals surface area contributed by atoms with Crippen LogP contribution in [0.2, 0.25) is 0 Å². The van der Waals surface area contributed by atoms with Crippen LogP contribution in [0, 0.1) is 5.41 Å². The van der Waals surface area contributed by atoms with Gasteiger partial charge in [-0.3, -0.25) is 5.41 Å². The number of nitrogens with zero attached hydrogens (tertiary/aromatic N) is 3. The maximum absolute atomic E-state index is 7.14. The molecule has 0 saturated heterocycles. The fourth-order valence-corrected chi connectivity index (χ4v) is 0.467. The molecule has 10 heavy (non-hydrogen) atoms. The van der Waals surface area contributed by atoms with Crippen molar-refractivity contribution in [3.8, 4) is 0 Å². The average molecular weight is 141 g/mol. The summed E-state index contributed by atoms with van der Waals surface area (Å²) in [5, 5.41) is 19.7. The van der Waals surface area contributed by atoms with Gasteiger partial charge in [0.05, 0.1) is 6.61 Å². The molecule has 0 bridgehead atoms. The Balaban J connectivity index is 2.59. The third kappa shape index (κ3) is 1.28. The van der Waals surface area contributed by atoms with Crippen LogP contribution in [0.1, 0.15) is 12.7 Å². The standard InChI is InChI=1S/C4H7N5O/c1-2-10-3(5)4-6-8-9-7-4/h5H,2H2,1H3,(H,6,7,8,9). The van der Waals surface area contributed by atoms with E-state index >= 15 is 0 Å². The molecule has 1 aromatic rings. The zero-order valence-electron chi connectivity index (χ0n) is 5.46. The molecule has 0 radical (unpaired) electrons. The van der Waals surface area contributed by atoms with Gasteiger partial charge in [0.25, 0.3) is 11.7 Å². The Labute approximate surface area is 57.1 Å². The number of H-pyrrole nitrogens is 1. The lowest BCUT2D eigenvalue weighted by Crippen LogP contribution is -2.06. The lowest BCUT2D eigenvalue weighted by atomic mass is 10.6. The van der Waals surface area contributed by atoms with E-state index in [9.17, 15) is 0 Å². The molecular formula is C4H7N5O. The topological polar surface area (TPSA) is 87.5 Å². The van der Waals surface area contributed by atoms with E-state index in [4.69, 9.17) is 10.1 Å². The van der Waals surface area contributed by atoms with E-state index in [1.165, 1.54) is 0 Å². The minimum absolute atomic E-state index is 0.0590. The maximum atomic E-state index is 7.14. The van der Waals surface area contributed by atoms with E-state index in [2.05, 4.69) is 20.6 Å². The molecule has 0 aliphatic heterocycles. The Morgan fingerprint density at radius 3 is 3.10 bits per heavy atom. The van der Waals surface area contributed by atoms with Gasteiger partial charge in [-0.05, 0) is 12.1 Å². The molecule has 6 nitrogen and oxygen atoms in total. The average Bonchev–Trinajstić information content (AvgIpc) is 2.38. The van der Waals surface area contributed by atoms with Gasteiger partial charge in [0.2, 0.25) is 0 Å². The highest BCUT2D eigenvalue weighted by molar-refractivity contribution is 5.86. The van der Waals surface area contributed by atoms with Crippen LogP contribution in [0.5, 0.6) is 0 Å². The molecule has 1 rings (SSSR count). The molecule has 0 fully saturated rings. The van der Waals surface area contributed by atoms with E-state index in [1.807, 2.05) is 0 Å². The highest BCUT2D eigenvalue weighted by Gasteiger charge is 2.04. The van der Waals surface area contributed by atoms with Gasteiger partial charge in [-0.1, -0.05) is 0 Å². The van der Waals surface area contributed by atoms with E-state index in [0.29, 0.717) is 6.61 Å². The van der Waals surface area contributed by atoms with E-state index in [0.717, 1.165) is 0 Å². The second-order valence-corrected chi connectivity index (χ2v) is 1.50. The lowest BCUT2D eigenvalue weighted by Gasteiger charge is -1.96. The van der Waals surface area contributed by atoms with Gasteiger partial charge in [0.15, 0.2) is 0 Å². The summed E-state index contributed by atoms with van der Waals surface area (Å²) in [6, 6.07) is 0. The molecule has 0 aliphatic rings. The van der Waals surface area contributed by atoms with Crippen molar-refractivity contribution in [1.29, 1.82) is 5.41 Å². The third-order valence-electron chi connectivity index (χ3n) is 0.837. The Bertz CT molecular complexity index is 205. The number of rotatable bonds is 2. The smallest absolute Gasteiger partial charge is 0.258 e. The van der Waals surface area contributed by atoms with Crippen LogP contribution in [0.3, 0.4) is 0 Å². The molecule has 6 heteroatoms. The monoisotopic (exact) mass is 141 g/mol. The van der Waals surface area contributed by atoms with Gasteiger partial charge in [-0.25, -0.2) is 0 Å². The fraction of sp³-hybridized carbons (Fsp3) is 0.500. The minimum Gasteiger partial charge on any atom is -0.476 e. The first kappa shape index (κ1) is 6.66. The number of tetrazole rings is 1. The van der Waals surface area contributed by atoms with Crippen LogP contribution in [-0.4, -0.2) is 33.1 Å². The number of ether oxygens (including phenoxy) is 1. The summed E-state index contributed by atoms with van der Waals surface area (Å²) in [6.45, 7) is 2.22. The summed E-state index contributed by atoms with van der Waals surface area (Å²) in [6.07, 6.45) is 0. The van der Waals surface area contributed by atoms with Crippen molar-refractivity contribution in [2.45, 2.75) is 6.92 Å². The Morgan fingerprint density at radius 1 is 1.80 bits per heavy atom. The van der Waals surface area contributed by atoms with Crippen LogP contribution in [0.4, 0.5) is 0 Å². The second kappa shape index (κ2) is 2.90. The van der Waals surface area contributed by atoms with Crippen molar-refractivity contribution in [2.24, 2.45) is 0 Å². The second-order valence-electron chi connectivity index (χ2n) is 1.50. The predicted molar refractivity (Wildman–Crippen MR) is 32.6 cm³/mol. The van der Waals surface area contributed by atoms with Crippen LogP contribution in [0.25, 0.3) is 0 Å². The number of aromatic nitrogens is 4. The van der Waals surface area contributed by atoms with E-state index < -0.39 is 0 Å². The molecule has 0 atom stereocenters. The van der Waals surface area contributed by atoms with Crippen LogP contribution in [-0.2, 0) is 4.74 Å². The number of hydrogen-bond acceptors (Lipinski definition) is 5. The molecule has 0 aromatic carbocycles. The van der Waals surface area contributed by atoms with Crippen LogP contribution in [0.15, 0.2) is 0 Å². The molecular weight excluding hydrogens is 134 g/mol. The first-order valence-corrected chi connectivity index (χ1v) is 2.79. The molecule has 0 unspecified atom stereocenters. The summed E-state index contributed by atoms with van der Waals surface area (Å²) in [4.78, 5) is 0. The van der Waals surface area contributed by atoms with Crippen molar-refractivity contribution in [2.75, 3.05) is 6.61 Å². The summed E-state index contributed by atoms with van der Waals surface area (Å²) >= 11 is 0. The van der Waals surface area contributed by atoms with Crippen LogP contribution >= 0.6 is 0 Å². The SMILES string of the molecule is CCOC(=N)c1nn[nH]n1. The molecule has 54 valence electrons. The van der Waals surface area contributed by atoms with Gasteiger partial charge >= 0.3 is 0 Å². The largest absolute Gasteiger partial charge is 0.476 e. The zero-order valence-corrected chi connectivity index (χ0v) is 5.46. The summed E-state index contributed by atoms with van der Waals surface area (Å²) in [5.74, 6) is 0.123. The predicted octanol–water partition coefficient (Wildman–Crippen LogP) is -0.438. The summed E-state index contributed by atoms with van der Waals surface area (Å²) in [7, 11) is 0. The van der Waals surface area contributed by atoms with E-state index in [-0.39, 0.29) is 11.7 Å². The van der Waals surface area contributed by atoms with Gasteiger partial charge in [0, 0.05) is 0 Å². The van der Waals surface area contributed by atoms with Crippen molar-refractivity contribution in [3.05, 3.63) is 5.82 Å². The number of hydrogen-bond donors (Lipinski definition) is 2. The molecule has 0 amide bonds. The maximum Gasteiger partial charge on any atom is 0.258 e.